The second kappa shape index (κ2) is 11.5. The van der Waals surface area contributed by atoms with Crippen LogP contribution in [-0.4, -0.2) is 24.4 Å². The Labute approximate surface area is 195 Å². The molecule has 0 fully saturated rings. The van der Waals surface area contributed by atoms with Gasteiger partial charge in [-0.1, -0.05) is 42.0 Å². The molecule has 3 rings (SSSR count). The summed E-state index contributed by atoms with van der Waals surface area (Å²) in [6.45, 7) is 1.36. The highest BCUT2D eigenvalue weighted by molar-refractivity contribution is 7.98. The van der Waals surface area contributed by atoms with Crippen LogP contribution in [0.4, 0.5) is 0 Å². The average Bonchev–Trinajstić information content (AvgIpc) is 2.85. The highest BCUT2D eigenvalue weighted by Gasteiger charge is 2.15. The number of hydrogen-bond acceptors (Lipinski definition) is 6. The lowest BCUT2D eigenvalue weighted by atomic mass is 10.1. The van der Waals surface area contributed by atoms with Gasteiger partial charge in [0.2, 0.25) is 0 Å². The van der Waals surface area contributed by atoms with Gasteiger partial charge in [-0.3, -0.25) is 20.4 Å². The van der Waals surface area contributed by atoms with Gasteiger partial charge in [0.25, 0.3) is 11.8 Å². The van der Waals surface area contributed by atoms with Crippen LogP contribution >= 0.6 is 11.8 Å². The van der Waals surface area contributed by atoms with Crippen molar-refractivity contribution in [3.63, 3.8) is 0 Å². The van der Waals surface area contributed by atoms with Crippen LogP contribution < -0.4 is 10.9 Å². The minimum atomic E-state index is -0.661. The van der Waals surface area contributed by atoms with Gasteiger partial charge in [-0.25, -0.2) is 4.79 Å². The predicted octanol–water partition coefficient (Wildman–Crippen LogP) is 3.78. The second-order valence-electron chi connectivity index (χ2n) is 7.04. The molecule has 0 atom stereocenters. The summed E-state index contributed by atoms with van der Waals surface area (Å²) >= 11 is 1.45. The van der Waals surface area contributed by atoms with Gasteiger partial charge in [-0.2, -0.15) is 5.26 Å². The molecule has 0 aromatic heterocycles. The summed E-state index contributed by atoms with van der Waals surface area (Å²) in [6, 6.07) is 23.1. The molecule has 0 aliphatic carbocycles. The number of aryl methyl sites for hydroxylation is 1. The number of nitrogens with one attached hydrogen (secondary N) is 2. The highest BCUT2D eigenvalue weighted by atomic mass is 32.2. The average molecular weight is 460 g/mol. The first-order valence-corrected chi connectivity index (χ1v) is 11.0. The predicted molar refractivity (Wildman–Crippen MR) is 124 cm³/mol. The van der Waals surface area contributed by atoms with E-state index in [9.17, 15) is 14.4 Å². The van der Waals surface area contributed by atoms with Crippen LogP contribution in [0, 0.1) is 18.3 Å². The van der Waals surface area contributed by atoms with Gasteiger partial charge < -0.3 is 4.74 Å². The smallest absolute Gasteiger partial charge is 0.339 e. The number of amides is 2. The Balaban J connectivity index is 1.50. The number of benzene rings is 3. The molecule has 33 heavy (non-hydrogen) atoms. The van der Waals surface area contributed by atoms with E-state index in [-0.39, 0.29) is 0 Å². The third kappa shape index (κ3) is 6.95. The third-order valence-corrected chi connectivity index (χ3v) is 5.69. The maximum atomic E-state index is 12.5. The van der Waals surface area contributed by atoms with Crippen molar-refractivity contribution in [2.24, 2.45) is 0 Å². The molecule has 3 aromatic rings. The Morgan fingerprint density at radius 1 is 0.939 bits per heavy atom. The van der Waals surface area contributed by atoms with Crippen molar-refractivity contribution in [3.05, 3.63) is 101 Å². The monoisotopic (exact) mass is 459 g/mol. The largest absolute Gasteiger partial charge is 0.452 e. The topological polar surface area (TPSA) is 108 Å². The number of hydrogen-bond donors (Lipinski definition) is 2. The van der Waals surface area contributed by atoms with Gasteiger partial charge in [0.15, 0.2) is 6.61 Å². The first kappa shape index (κ1) is 23.6. The Hall–Kier alpha value is -4.09. The van der Waals surface area contributed by atoms with E-state index in [0.29, 0.717) is 27.3 Å². The first-order chi connectivity index (χ1) is 16.0. The maximum Gasteiger partial charge on any atom is 0.339 e. The number of hydrazine groups is 1. The lowest BCUT2D eigenvalue weighted by Crippen LogP contribution is -2.43. The Bertz CT molecular complexity index is 1190. The number of ether oxygens (including phenoxy) is 1. The van der Waals surface area contributed by atoms with Crippen molar-refractivity contribution in [1.29, 1.82) is 5.26 Å². The van der Waals surface area contributed by atoms with E-state index in [4.69, 9.17) is 10.00 Å². The minimum Gasteiger partial charge on any atom is -0.452 e. The SMILES string of the molecule is Cc1ccc(C(=O)NNC(=O)COC(=O)c2ccccc2SCc2ccc(C#N)cc2)cc1. The van der Waals surface area contributed by atoms with Crippen LogP contribution in [0.15, 0.2) is 77.7 Å². The second-order valence-corrected chi connectivity index (χ2v) is 8.06. The summed E-state index contributed by atoms with van der Waals surface area (Å²) < 4.78 is 5.11. The Morgan fingerprint density at radius 3 is 2.33 bits per heavy atom. The van der Waals surface area contributed by atoms with E-state index < -0.39 is 24.4 Å². The van der Waals surface area contributed by atoms with Gasteiger partial charge >= 0.3 is 5.97 Å². The van der Waals surface area contributed by atoms with E-state index in [1.54, 1.807) is 54.6 Å². The van der Waals surface area contributed by atoms with Gasteiger partial charge in [-0.15, -0.1) is 11.8 Å². The third-order valence-electron chi connectivity index (χ3n) is 4.55. The van der Waals surface area contributed by atoms with Crippen LogP contribution in [0.2, 0.25) is 0 Å². The molecule has 166 valence electrons. The number of rotatable bonds is 7. The number of thioether (sulfide) groups is 1. The van der Waals surface area contributed by atoms with Crippen molar-refractivity contribution in [2.45, 2.75) is 17.6 Å². The van der Waals surface area contributed by atoms with Crippen molar-refractivity contribution < 1.29 is 19.1 Å². The normalized spacial score (nSPS) is 10.1. The summed E-state index contributed by atoms with van der Waals surface area (Å²) in [5.74, 6) is -1.18. The molecule has 0 radical (unpaired) electrons. The molecule has 7 nitrogen and oxygen atoms in total. The summed E-state index contributed by atoms with van der Waals surface area (Å²) in [5.41, 5.74) is 7.85. The molecule has 0 saturated heterocycles. The van der Waals surface area contributed by atoms with E-state index in [0.717, 1.165) is 11.1 Å². The molecule has 0 aliphatic heterocycles. The summed E-state index contributed by atoms with van der Waals surface area (Å²) in [7, 11) is 0. The summed E-state index contributed by atoms with van der Waals surface area (Å²) in [6.07, 6.45) is 0. The zero-order valence-corrected chi connectivity index (χ0v) is 18.6. The molecule has 0 aliphatic rings. The fourth-order valence-electron chi connectivity index (χ4n) is 2.75. The number of nitrogens with zero attached hydrogens (tertiary/aromatic N) is 1. The van der Waals surface area contributed by atoms with E-state index >= 15 is 0 Å². The molecule has 0 spiro atoms. The molecular weight excluding hydrogens is 438 g/mol. The van der Waals surface area contributed by atoms with Crippen LogP contribution in [0.1, 0.15) is 37.4 Å². The van der Waals surface area contributed by atoms with Crippen molar-refractivity contribution in [2.75, 3.05) is 6.61 Å². The van der Waals surface area contributed by atoms with E-state index in [1.807, 2.05) is 25.1 Å². The first-order valence-electron chi connectivity index (χ1n) is 10.00. The maximum absolute atomic E-state index is 12.5. The molecule has 3 aromatic carbocycles. The van der Waals surface area contributed by atoms with Gasteiger partial charge in [-0.05, 0) is 48.9 Å². The van der Waals surface area contributed by atoms with Crippen molar-refractivity contribution in [3.8, 4) is 6.07 Å². The molecule has 2 amide bonds. The molecule has 0 heterocycles. The Kier molecular flexibility index (Phi) is 8.22. The van der Waals surface area contributed by atoms with Gasteiger partial charge in [0, 0.05) is 16.2 Å². The standard InChI is InChI=1S/C25H21N3O4S/c1-17-6-12-20(13-7-17)24(30)28-27-23(29)15-32-25(31)21-4-2-3-5-22(21)33-16-19-10-8-18(14-26)9-11-19/h2-13H,15-16H2,1H3,(H,27,29)(H,28,30). The summed E-state index contributed by atoms with van der Waals surface area (Å²) in [5, 5.41) is 8.89. The quantitative estimate of drug-likeness (QED) is 0.316. The van der Waals surface area contributed by atoms with Crippen molar-refractivity contribution in [1.82, 2.24) is 10.9 Å². The number of carbonyl (C=O) groups is 3. The zero-order valence-electron chi connectivity index (χ0n) is 17.8. The van der Waals surface area contributed by atoms with Crippen molar-refractivity contribution >= 4 is 29.5 Å². The van der Waals surface area contributed by atoms with Crippen LogP contribution in [0.3, 0.4) is 0 Å². The number of esters is 1. The molecular formula is C25H21N3O4S. The molecule has 2 N–H and O–H groups in total. The minimum absolute atomic E-state index is 0.340. The summed E-state index contributed by atoms with van der Waals surface area (Å²) in [4.78, 5) is 37.2. The lowest BCUT2D eigenvalue weighted by Gasteiger charge is -2.10. The fourth-order valence-corrected chi connectivity index (χ4v) is 3.74. The molecule has 0 bridgehead atoms. The van der Waals surface area contributed by atoms with Crippen LogP contribution in [0.25, 0.3) is 0 Å². The molecule has 0 unspecified atom stereocenters. The number of carbonyl (C=O) groups excluding carboxylic acids is 3. The van der Waals surface area contributed by atoms with Gasteiger partial charge in [0.1, 0.15) is 0 Å². The van der Waals surface area contributed by atoms with Crippen LogP contribution in [-0.2, 0) is 15.3 Å². The lowest BCUT2D eigenvalue weighted by molar-refractivity contribution is -0.125. The van der Waals surface area contributed by atoms with E-state index in [1.165, 1.54) is 11.8 Å². The Morgan fingerprint density at radius 2 is 1.64 bits per heavy atom. The number of nitriles is 1. The van der Waals surface area contributed by atoms with E-state index in [2.05, 4.69) is 16.9 Å². The molecule has 8 heteroatoms. The zero-order chi connectivity index (χ0) is 23.6. The fraction of sp³-hybridized carbons (Fsp3) is 0.120. The van der Waals surface area contributed by atoms with Crippen LogP contribution in [0.5, 0.6) is 0 Å². The molecule has 0 saturated carbocycles. The highest BCUT2D eigenvalue weighted by Crippen LogP contribution is 2.27. The van der Waals surface area contributed by atoms with Gasteiger partial charge in [0.05, 0.1) is 17.2 Å².